The van der Waals surface area contributed by atoms with E-state index in [9.17, 15) is 10.1 Å². The van der Waals surface area contributed by atoms with E-state index in [2.05, 4.69) is 5.10 Å². The zero-order chi connectivity index (χ0) is 10.9. The molecule has 0 bridgehead atoms. The molecule has 14 heavy (non-hydrogen) atoms. The summed E-state index contributed by atoms with van der Waals surface area (Å²) in [6.45, 7) is 3.22. The van der Waals surface area contributed by atoms with Crippen LogP contribution in [0.5, 0.6) is 0 Å². The van der Waals surface area contributed by atoms with Gasteiger partial charge in [-0.15, -0.1) is 0 Å². The van der Waals surface area contributed by atoms with E-state index in [4.69, 9.17) is 10.8 Å². The Kier molecular flexibility index (Phi) is 2.70. The molecule has 0 saturated heterocycles. The molecule has 0 aliphatic heterocycles. The first-order valence-corrected chi connectivity index (χ1v) is 4.08. The summed E-state index contributed by atoms with van der Waals surface area (Å²) < 4.78 is 1.23. The molecular weight excluding hydrogens is 188 g/mol. The van der Waals surface area contributed by atoms with Crippen LogP contribution in [0.3, 0.4) is 0 Å². The molecule has 1 atom stereocenters. The van der Waals surface area contributed by atoms with Crippen LogP contribution in [-0.2, 0) is 6.54 Å². The van der Waals surface area contributed by atoms with Gasteiger partial charge in [0.15, 0.2) is 0 Å². The molecule has 0 saturated carbocycles. The maximum absolute atomic E-state index is 10.6. The number of anilines is 1. The number of aliphatic hydroxyl groups excluding tert-OH is 1. The number of rotatable bonds is 3. The first-order valence-electron chi connectivity index (χ1n) is 4.08. The smallest absolute Gasteiger partial charge is 0.333 e. The van der Waals surface area contributed by atoms with Crippen molar-refractivity contribution in [2.75, 3.05) is 5.73 Å². The second-order valence-corrected chi connectivity index (χ2v) is 3.11. The number of hydrogen-bond donors (Lipinski definition) is 2. The fraction of sp³-hybridized carbons (Fsp3) is 0.571. The minimum absolute atomic E-state index is 0.0200. The number of aromatic nitrogens is 2. The molecular formula is C7H12N4O3. The highest BCUT2D eigenvalue weighted by Gasteiger charge is 2.23. The maximum Gasteiger partial charge on any atom is 0.333 e. The van der Waals surface area contributed by atoms with Gasteiger partial charge < -0.3 is 10.8 Å². The van der Waals surface area contributed by atoms with Crippen molar-refractivity contribution in [3.63, 3.8) is 0 Å². The number of hydrogen-bond acceptors (Lipinski definition) is 5. The summed E-state index contributed by atoms with van der Waals surface area (Å²) in [5, 5.41) is 23.5. The van der Waals surface area contributed by atoms with Crippen molar-refractivity contribution in [3.8, 4) is 0 Å². The minimum atomic E-state index is -0.642. The Hall–Kier alpha value is -1.63. The van der Waals surface area contributed by atoms with Crippen LogP contribution >= 0.6 is 0 Å². The third-order valence-corrected chi connectivity index (χ3v) is 1.75. The van der Waals surface area contributed by atoms with Gasteiger partial charge in [-0.2, -0.15) is 5.10 Å². The standard InChI is InChI=1S/C7H12N4O3/c1-4(12)3-10-7(8)6(11(13)14)5(2)9-10/h4,12H,3,8H2,1-2H3. The molecule has 0 amide bonds. The molecule has 0 aromatic carbocycles. The Morgan fingerprint density at radius 1 is 1.79 bits per heavy atom. The zero-order valence-corrected chi connectivity index (χ0v) is 7.97. The number of nitrogens with zero attached hydrogens (tertiary/aromatic N) is 3. The molecule has 1 aromatic heterocycles. The van der Waals surface area contributed by atoms with Crippen LogP contribution < -0.4 is 5.73 Å². The largest absolute Gasteiger partial charge is 0.391 e. The lowest BCUT2D eigenvalue weighted by atomic mass is 10.4. The minimum Gasteiger partial charge on any atom is -0.391 e. The monoisotopic (exact) mass is 200 g/mol. The molecule has 3 N–H and O–H groups in total. The van der Waals surface area contributed by atoms with Gasteiger partial charge in [0, 0.05) is 0 Å². The maximum atomic E-state index is 10.6. The van der Waals surface area contributed by atoms with E-state index < -0.39 is 11.0 Å². The summed E-state index contributed by atoms with van der Waals surface area (Å²) in [6, 6.07) is 0. The molecule has 1 heterocycles. The van der Waals surface area contributed by atoms with Crippen LogP contribution in [0.4, 0.5) is 11.5 Å². The SMILES string of the molecule is Cc1nn(CC(C)O)c(N)c1[N+](=O)[O-]. The molecule has 0 spiro atoms. The summed E-state index contributed by atoms with van der Waals surface area (Å²) in [5.74, 6) is -0.0200. The fourth-order valence-electron chi connectivity index (χ4n) is 1.20. The van der Waals surface area contributed by atoms with Gasteiger partial charge in [-0.3, -0.25) is 10.1 Å². The Bertz CT molecular complexity index is 358. The summed E-state index contributed by atoms with van der Waals surface area (Å²) in [6.07, 6.45) is -0.642. The van der Waals surface area contributed by atoms with E-state index in [1.54, 1.807) is 6.92 Å². The molecule has 1 rings (SSSR count). The molecule has 7 nitrogen and oxygen atoms in total. The second kappa shape index (κ2) is 3.62. The van der Waals surface area contributed by atoms with Crippen molar-refractivity contribution in [1.29, 1.82) is 0 Å². The molecule has 0 aliphatic carbocycles. The van der Waals surface area contributed by atoms with E-state index in [1.807, 2.05) is 0 Å². The van der Waals surface area contributed by atoms with Crippen LogP contribution in [0.25, 0.3) is 0 Å². The fourth-order valence-corrected chi connectivity index (χ4v) is 1.20. The van der Waals surface area contributed by atoms with Gasteiger partial charge >= 0.3 is 5.69 Å². The van der Waals surface area contributed by atoms with E-state index in [-0.39, 0.29) is 23.7 Å². The Morgan fingerprint density at radius 2 is 2.36 bits per heavy atom. The van der Waals surface area contributed by atoms with Crippen molar-refractivity contribution >= 4 is 11.5 Å². The van der Waals surface area contributed by atoms with Gasteiger partial charge in [0.1, 0.15) is 5.69 Å². The molecule has 7 heteroatoms. The average molecular weight is 200 g/mol. The third-order valence-electron chi connectivity index (χ3n) is 1.75. The van der Waals surface area contributed by atoms with Crippen molar-refractivity contribution in [2.24, 2.45) is 0 Å². The predicted molar refractivity (Wildman–Crippen MR) is 49.7 cm³/mol. The highest BCUT2D eigenvalue weighted by Crippen LogP contribution is 2.24. The van der Waals surface area contributed by atoms with Crippen molar-refractivity contribution in [2.45, 2.75) is 26.5 Å². The van der Waals surface area contributed by atoms with Crippen molar-refractivity contribution in [3.05, 3.63) is 15.8 Å². The Labute approximate surface area is 80.3 Å². The lowest BCUT2D eigenvalue weighted by Gasteiger charge is -2.04. The summed E-state index contributed by atoms with van der Waals surface area (Å²) in [7, 11) is 0. The first kappa shape index (κ1) is 10.5. The zero-order valence-electron chi connectivity index (χ0n) is 7.97. The Balaban J connectivity index is 3.10. The first-order chi connectivity index (χ1) is 6.43. The number of aryl methyl sites for hydroxylation is 1. The third kappa shape index (κ3) is 1.82. The van der Waals surface area contributed by atoms with Crippen molar-refractivity contribution < 1.29 is 10.0 Å². The summed E-state index contributed by atoms with van der Waals surface area (Å²) >= 11 is 0. The molecule has 0 fully saturated rings. The van der Waals surface area contributed by atoms with Crippen LogP contribution in [0.1, 0.15) is 12.6 Å². The predicted octanol–water partition coefficient (Wildman–Crippen LogP) is 0.0627. The number of aliphatic hydroxyl groups is 1. The second-order valence-electron chi connectivity index (χ2n) is 3.11. The van der Waals surface area contributed by atoms with Gasteiger partial charge in [0.05, 0.1) is 17.6 Å². The highest BCUT2D eigenvalue weighted by atomic mass is 16.6. The molecule has 0 radical (unpaired) electrons. The van der Waals surface area contributed by atoms with E-state index in [1.165, 1.54) is 11.6 Å². The molecule has 1 unspecified atom stereocenters. The van der Waals surface area contributed by atoms with Gasteiger partial charge in [-0.25, -0.2) is 4.68 Å². The molecule has 1 aromatic rings. The lowest BCUT2D eigenvalue weighted by Crippen LogP contribution is -2.15. The summed E-state index contributed by atoms with van der Waals surface area (Å²) in [5.41, 5.74) is 5.57. The average Bonchev–Trinajstić information content (AvgIpc) is 2.25. The number of nitrogen functional groups attached to an aromatic ring is 1. The van der Waals surface area contributed by atoms with Crippen LogP contribution in [-0.4, -0.2) is 25.9 Å². The quantitative estimate of drug-likeness (QED) is 0.530. The van der Waals surface area contributed by atoms with Crippen LogP contribution in [0, 0.1) is 17.0 Å². The van der Waals surface area contributed by atoms with Crippen LogP contribution in [0.15, 0.2) is 0 Å². The number of nitrogens with two attached hydrogens (primary N) is 1. The topological polar surface area (TPSA) is 107 Å². The normalized spacial score (nSPS) is 12.8. The lowest BCUT2D eigenvalue weighted by molar-refractivity contribution is -0.384. The van der Waals surface area contributed by atoms with Gasteiger partial charge in [0.2, 0.25) is 5.82 Å². The van der Waals surface area contributed by atoms with Crippen molar-refractivity contribution in [1.82, 2.24) is 9.78 Å². The molecule has 0 aliphatic rings. The summed E-state index contributed by atoms with van der Waals surface area (Å²) in [4.78, 5) is 9.98. The van der Waals surface area contributed by atoms with Gasteiger partial charge in [0.25, 0.3) is 0 Å². The van der Waals surface area contributed by atoms with E-state index in [0.717, 1.165) is 0 Å². The van der Waals surface area contributed by atoms with Crippen LogP contribution in [0.2, 0.25) is 0 Å². The van der Waals surface area contributed by atoms with E-state index in [0.29, 0.717) is 0 Å². The van der Waals surface area contributed by atoms with E-state index >= 15 is 0 Å². The number of nitro groups is 1. The Morgan fingerprint density at radius 3 is 2.71 bits per heavy atom. The molecule has 78 valence electrons. The van der Waals surface area contributed by atoms with Gasteiger partial charge in [-0.05, 0) is 13.8 Å². The highest BCUT2D eigenvalue weighted by molar-refractivity contribution is 5.55. The van der Waals surface area contributed by atoms with Gasteiger partial charge in [-0.1, -0.05) is 0 Å².